The number of halogens is 1. The van der Waals surface area contributed by atoms with Crippen molar-refractivity contribution in [3.05, 3.63) is 29.3 Å². The molecule has 5 heteroatoms. The van der Waals surface area contributed by atoms with Crippen molar-refractivity contribution in [1.82, 2.24) is 5.32 Å². The van der Waals surface area contributed by atoms with E-state index in [1.807, 2.05) is 12.1 Å². The van der Waals surface area contributed by atoms with Crippen LogP contribution in [0.3, 0.4) is 0 Å². The third kappa shape index (κ3) is 4.12. The fourth-order valence-corrected chi connectivity index (χ4v) is 2.87. The zero-order chi connectivity index (χ0) is 14.4. The highest BCUT2D eigenvalue weighted by atomic mass is 35.5. The monoisotopic (exact) mass is 296 g/mol. The van der Waals surface area contributed by atoms with Gasteiger partial charge in [0.25, 0.3) is 0 Å². The third-order valence-corrected chi connectivity index (χ3v) is 4.16. The molecule has 0 bridgehead atoms. The van der Waals surface area contributed by atoms with Crippen LogP contribution in [0.4, 0.5) is 10.5 Å². The number of hydrogen-bond acceptors (Lipinski definition) is 2. The second-order valence-corrected chi connectivity index (χ2v) is 5.67. The van der Waals surface area contributed by atoms with Gasteiger partial charge in [0.15, 0.2) is 0 Å². The SMILES string of the molecule is O=C(Nc1ccccc1Cl)NC1CCCCCC1CO. The molecule has 2 unspecified atom stereocenters. The van der Waals surface area contributed by atoms with E-state index in [0.717, 1.165) is 25.7 Å². The molecule has 0 spiro atoms. The summed E-state index contributed by atoms with van der Waals surface area (Å²) in [5.41, 5.74) is 0.598. The maximum absolute atomic E-state index is 12.0. The zero-order valence-corrected chi connectivity index (χ0v) is 12.2. The number of benzene rings is 1. The standard InChI is InChI=1S/C15H21ClN2O2/c16-12-7-4-5-9-14(12)18-15(20)17-13-8-3-1-2-6-11(13)10-19/h4-5,7,9,11,13,19H,1-3,6,8,10H2,(H2,17,18,20). The molecule has 1 saturated carbocycles. The number of hydrogen-bond donors (Lipinski definition) is 3. The average Bonchev–Trinajstić information content (AvgIpc) is 2.66. The van der Waals surface area contributed by atoms with Gasteiger partial charge in [-0.15, -0.1) is 0 Å². The molecule has 2 rings (SSSR count). The van der Waals surface area contributed by atoms with E-state index in [1.165, 1.54) is 6.42 Å². The van der Waals surface area contributed by atoms with Crippen molar-refractivity contribution < 1.29 is 9.90 Å². The summed E-state index contributed by atoms with van der Waals surface area (Å²) in [6, 6.07) is 6.91. The Morgan fingerprint density at radius 1 is 1.25 bits per heavy atom. The minimum atomic E-state index is -0.261. The normalized spacial score (nSPS) is 22.9. The van der Waals surface area contributed by atoms with Crippen molar-refractivity contribution in [3.63, 3.8) is 0 Å². The fraction of sp³-hybridized carbons (Fsp3) is 0.533. The topological polar surface area (TPSA) is 61.4 Å². The molecule has 1 fully saturated rings. The zero-order valence-electron chi connectivity index (χ0n) is 11.4. The molecular formula is C15H21ClN2O2. The minimum Gasteiger partial charge on any atom is -0.396 e. The lowest BCUT2D eigenvalue weighted by molar-refractivity contribution is 0.182. The number of carbonyl (C=O) groups is 1. The first-order valence-corrected chi connectivity index (χ1v) is 7.51. The van der Waals surface area contributed by atoms with Gasteiger partial charge < -0.3 is 15.7 Å². The summed E-state index contributed by atoms with van der Waals surface area (Å²) < 4.78 is 0. The molecular weight excluding hydrogens is 276 g/mol. The summed E-state index contributed by atoms with van der Waals surface area (Å²) in [4.78, 5) is 12.0. The van der Waals surface area contributed by atoms with Gasteiger partial charge in [-0.3, -0.25) is 0 Å². The van der Waals surface area contributed by atoms with E-state index < -0.39 is 0 Å². The van der Waals surface area contributed by atoms with Gasteiger partial charge in [-0.25, -0.2) is 4.79 Å². The highest BCUT2D eigenvalue weighted by Gasteiger charge is 2.24. The van der Waals surface area contributed by atoms with E-state index in [4.69, 9.17) is 11.6 Å². The predicted octanol–water partition coefficient (Wildman–Crippen LogP) is 3.40. The summed E-state index contributed by atoms with van der Waals surface area (Å²) in [6.45, 7) is 0.122. The van der Waals surface area contributed by atoms with Crippen LogP contribution >= 0.6 is 11.6 Å². The lowest BCUT2D eigenvalue weighted by Gasteiger charge is -2.24. The molecule has 0 saturated heterocycles. The highest BCUT2D eigenvalue weighted by Crippen LogP contribution is 2.24. The van der Waals surface area contributed by atoms with Gasteiger partial charge in [-0.05, 0) is 25.0 Å². The molecule has 2 atom stereocenters. The third-order valence-electron chi connectivity index (χ3n) is 3.83. The van der Waals surface area contributed by atoms with Crippen molar-refractivity contribution >= 4 is 23.3 Å². The van der Waals surface area contributed by atoms with Crippen LogP contribution in [0, 0.1) is 5.92 Å². The van der Waals surface area contributed by atoms with Crippen LogP contribution in [-0.4, -0.2) is 23.8 Å². The van der Waals surface area contributed by atoms with Crippen molar-refractivity contribution in [2.45, 2.75) is 38.1 Å². The first-order chi connectivity index (χ1) is 9.70. The summed E-state index contributed by atoms with van der Waals surface area (Å²) in [6.07, 6.45) is 5.26. The number of rotatable bonds is 3. The summed E-state index contributed by atoms with van der Waals surface area (Å²) in [5.74, 6) is 0.148. The van der Waals surface area contributed by atoms with E-state index in [2.05, 4.69) is 10.6 Å². The first kappa shape index (κ1) is 15.1. The molecule has 1 aromatic rings. The Hall–Kier alpha value is -1.26. The second kappa shape index (κ2) is 7.50. The molecule has 1 aliphatic rings. The Balaban J connectivity index is 1.94. The largest absolute Gasteiger partial charge is 0.396 e. The molecule has 1 aliphatic carbocycles. The van der Waals surface area contributed by atoms with E-state index in [9.17, 15) is 9.90 Å². The van der Waals surface area contributed by atoms with Crippen LogP contribution in [-0.2, 0) is 0 Å². The molecule has 0 aromatic heterocycles. The summed E-state index contributed by atoms with van der Waals surface area (Å²) in [5, 5.41) is 15.7. The number of amides is 2. The van der Waals surface area contributed by atoms with Gasteiger partial charge >= 0.3 is 6.03 Å². The van der Waals surface area contributed by atoms with Crippen LogP contribution in [0.2, 0.25) is 5.02 Å². The van der Waals surface area contributed by atoms with Crippen LogP contribution in [0.1, 0.15) is 32.1 Å². The van der Waals surface area contributed by atoms with Crippen LogP contribution in [0.15, 0.2) is 24.3 Å². The number of nitrogens with one attached hydrogen (secondary N) is 2. The maximum Gasteiger partial charge on any atom is 0.319 e. The number of aliphatic hydroxyl groups is 1. The van der Waals surface area contributed by atoms with Crippen LogP contribution in [0.25, 0.3) is 0 Å². The molecule has 0 radical (unpaired) electrons. The van der Waals surface area contributed by atoms with Gasteiger partial charge in [0.1, 0.15) is 0 Å². The Morgan fingerprint density at radius 3 is 2.75 bits per heavy atom. The van der Waals surface area contributed by atoms with E-state index in [1.54, 1.807) is 12.1 Å². The van der Waals surface area contributed by atoms with Gasteiger partial charge in [-0.2, -0.15) is 0 Å². The number of urea groups is 1. The molecule has 3 N–H and O–H groups in total. The predicted molar refractivity (Wildman–Crippen MR) is 81.1 cm³/mol. The Labute approximate surface area is 124 Å². The number of anilines is 1. The van der Waals surface area contributed by atoms with Gasteiger partial charge in [0.05, 0.1) is 10.7 Å². The lowest BCUT2D eigenvalue weighted by Crippen LogP contribution is -2.43. The first-order valence-electron chi connectivity index (χ1n) is 7.13. The van der Waals surface area contributed by atoms with Crippen LogP contribution < -0.4 is 10.6 Å². The molecule has 20 heavy (non-hydrogen) atoms. The number of aliphatic hydroxyl groups excluding tert-OH is 1. The van der Waals surface area contributed by atoms with Crippen LogP contribution in [0.5, 0.6) is 0 Å². The van der Waals surface area contributed by atoms with Crippen molar-refractivity contribution in [1.29, 1.82) is 0 Å². The number of para-hydroxylation sites is 1. The quantitative estimate of drug-likeness (QED) is 0.749. The molecule has 110 valence electrons. The molecule has 1 aromatic carbocycles. The highest BCUT2D eigenvalue weighted by molar-refractivity contribution is 6.33. The Morgan fingerprint density at radius 2 is 2.00 bits per heavy atom. The molecule has 2 amide bonds. The van der Waals surface area contributed by atoms with Crippen molar-refractivity contribution in [3.8, 4) is 0 Å². The molecule has 4 nitrogen and oxygen atoms in total. The Bertz CT molecular complexity index is 453. The minimum absolute atomic E-state index is 0.0324. The van der Waals surface area contributed by atoms with E-state index in [0.29, 0.717) is 10.7 Å². The second-order valence-electron chi connectivity index (χ2n) is 5.27. The van der Waals surface area contributed by atoms with Gasteiger partial charge in [0.2, 0.25) is 0 Å². The fourth-order valence-electron chi connectivity index (χ4n) is 2.68. The van der Waals surface area contributed by atoms with Gasteiger partial charge in [-0.1, -0.05) is 43.0 Å². The van der Waals surface area contributed by atoms with Gasteiger partial charge in [0, 0.05) is 18.6 Å². The molecule has 0 aliphatic heterocycles. The lowest BCUT2D eigenvalue weighted by atomic mass is 9.96. The van der Waals surface area contributed by atoms with Crippen molar-refractivity contribution in [2.75, 3.05) is 11.9 Å². The summed E-state index contributed by atoms with van der Waals surface area (Å²) in [7, 11) is 0. The smallest absolute Gasteiger partial charge is 0.319 e. The maximum atomic E-state index is 12.0. The molecule has 0 heterocycles. The van der Waals surface area contributed by atoms with Crippen molar-refractivity contribution in [2.24, 2.45) is 5.92 Å². The Kier molecular flexibility index (Phi) is 5.68. The van der Waals surface area contributed by atoms with E-state index in [-0.39, 0.29) is 24.6 Å². The van der Waals surface area contributed by atoms with E-state index >= 15 is 0 Å². The number of carbonyl (C=O) groups excluding carboxylic acids is 1. The summed E-state index contributed by atoms with van der Waals surface area (Å²) >= 11 is 6.01. The average molecular weight is 297 g/mol.